The monoisotopic (exact) mass is 286 g/mol. The third kappa shape index (κ3) is 2.16. The first kappa shape index (κ1) is 10.4. The van der Waals surface area contributed by atoms with Crippen molar-refractivity contribution >= 4 is 34.9 Å². The van der Waals surface area contributed by atoms with Crippen LogP contribution in [0.1, 0.15) is 5.69 Å². The fourth-order valence-corrected chi connectivity index (χ4v) is 1.22. The summed E-state index contributed by atoms with van der Waals surface area (Å²) in [7, 11) is 0. The van der Waals surface area contributed by atoms with Crippen LogP contribution < -0.4 is 5.73 Å². The third-order valence-electron chi connectivity index (χ3n) is 1.87. The fraction of sp³-hybridized carbons (Fsp3) is 0.100. The lowest BCUT2D eigenvalue weighted by Crippen LogP contribution is -1.98. The number of rotatable bonds is 1. The SMILES string of the molecule is I.NCc1ccc2ccccc2n1. The van der Waals surface area contributed by atoms with Gasteiger partial charge in [0.15, 0.2) is 0 Å². The van der Waals surface area contributed by atoms with Gasteiger partial charge in [0, 0.05) is 11.9 Å². The highest BCUT2D eigenvalue weighted by Crippen LogP contribution is 2.10. The normalized spacial score (nSPS) is 9.62. The maximum Gasteiger partial charge on any atom is 0.0705 e. The molecule has 0 amide bonds. The maximum absolute atomic E-state index is 5.48. The first-order chi connectivity index (χ1) is 5.90. The van der Waals surface area contributed by atoms with Gasteiger partial charge in [-0.3, -0.25) is 4.98 Å². The molecule has 2 N–H and O–H groups in total. The van der Waals surface area contributed by atoms with E-state index in [-0.39, 0.29) is 24.0 Å². The van der Waals surface area contributed by atoms with Crippen LogP contribution in [0.15, 0.2) is 36.4 Å². The van der Waals surface area contributed by atoms with Gasteiger partial charge >= 0.3 is 0 Å². The number of benzene rings is 1. The van der Waals surface area contributed by atoms with Crippen molar-refractivity contribution in [3.63, 3.8) is 0 Å². The highest BCUT2D eigenvalue weighted by atomic mass is 127. The van der Waals surface area contributed by atoms with E-state index in [0.29, 0.717) is 6.54 Å². The van der Waals surface area contributed by atoms with Gasteiger partial charge in [0.1, 0.15) is 0 Å². The minimum Gasteiger partial charge on any atom is -0.325 e. The average molecular weight is 286 g/mol. The van der Waals surface area contributed by atoms with Crippen LogP contribution in [-0.2, 0) is 6.54 Å². The van der Waals surface area contributed by atoms with Crippen molar-refractivity contribution < 1.29 is 0 Å². The summed E-state index contributed by atoms with van der Waals surface area (Å²) in [6.45, 7) is 0.505. The van der Waals surface area contributed by atoms with E-state index in [2.05, 4.69) is 4.98 Å². The Bertz CT molecular complexity index is 401. The van der Waals surface area contributed by atoms with Crippen LogP contribution in [0.25, 0.3) is 10.9 Å². The van der Waals surface area contributed by atoms with E-state index < -0.39 is 0 Å². The van der Waals surface area contributed by atoms with E-state index in [1.165, 1.54) is 0 Å². The predicted octanol–water partition coefficient (Wildman–Crippen LogP) is 2.31. The molecule has 0 unspecified atom stereocenters. The highest BCUT2D eigenvalue weighted by Gasteiger charge is 1.93. The van der Waals surface area contributed by atoms with Crippen molar-refractivity contribution in [1.29, 1.82) is 0 Å². The Labute approximate surface area is 94.2 Å². The summed E-state index contributed by atoms with van der Waals surface area (Å²) >= 11 is 0. The van der Waals surface area contributed by atoms with E-state index >= 15 is 0 Å². The highest BCUT2D eigenvalue weighted by molar-refractivity contribution is 14.0. The van der Waals surface area contributed by atoms with Crippen molar-refractivity contribution in [3.05, 3.63) is 42.1 Å². The van der Waals surface area contributed by atoms with Gasteiger partial charge in [-0.2, -0.15) is 0 Å². The van der Waals surface area contributed by atoms with Crippen LogP contribution in [0.3, 0.4) is 0 Å². The molecule has 3 heteroatoms. The molecule has 0 bridgehead atoms. The van der Waals surface area contributed by atoms with E-state index in [4.69, 9.17) is 5.73 Å². The van der Waals surface area contributed by atoms with Crippen molar-refractivity contribution in [1.82, 2.24) is 4.98 Å². The van der Waals surface area contributed by atoms with Gasteiger partial charge in [0.05, 0.1) is 11.2 Å². The smallest absolute Gasteiger partial charge is 0.0705 e. The molecule has 0 saturated heterocycles. The van der Waals surface area contributed by atoms with Crippen LogP contribution in [-0.4, -0.2) is 4.98 Å². The molecule has 0 radical (unpaired) electrons. The number of aromatic nitrogens is 1. The summed E-state index contributed by atoms with van der Waals surface area (Å²) in [5, 5.41) is 1.16. The minimum absolute atomic E-state index is 0. The van der Waals surface area contributed by atoms with Gasteiger partial charge in [0.2, 0.25) is 0 Å². The van der Waals surface area contributed by atoms with Crippen LogP contribution in [0.5, 0.6) is 0 Å². The number of halogens is 1. The Morgan fingerprint density at radius 3 is 2.62 bits per heavy atom. The predicted molar refractivity (Wildman–Crippen MR) is 65.0 cm³/mol. The topological polar surface area (TPSA) is 38.9 Å². The molecule has 2 rings (SSSR count). The van der Waals surface area contributed by atoms with Crippen molar-refractivity contribution in [3.8, 4) is 0 Å². The van der Waals surface area contributed by atoms with Crippen LogP contribution in [0.4, 0.5) is 0 Å². The molecule has 1 aromatic carbocycles. The van der Waals surface area contributed by atoms with E-state index in [0.717, 1.165) is 16.6 Å². The largest absolute Gasteiger partial charge is 0.325 e. The third-order valence-corrected chi connectivity index (χ3v) is 1.87. The molecular formula is C10H11IN2. The number of nitrogens with zero attached hydrogens (tertiary/aromatic N) is 1. The zero-order chi connectivity index (χ0) is 8.39. The zero-order valence-electron chi connectivity index (χ0n) is 7.10. The molecule has 0 saturated carbocycles. The fourth-order valence-electron chi connectivity index (χ4n) is 1.22. The summed E-state index contributed by atoms with van der Waals surface area (Å²) in [6.07, 6.45) is 0. The molecule has 0 aliphatic heterocycles. The van der Waals surface area contributed by atoms with E-state index in [9.17, 15) is 0 Å². The van der Waals surface area contributed by atoms with Gasteiger partial charge in [0.25, 0.3) is 0 Å². The van der Waals surface area contributed by atoms with E-state index in [1.54, 1.807) is 0 Å². The molecular weight excluding hydrogens is 275 g/mol. The zero-order valence-corrected chi connectivity index (χ0v) is 9.43. The lowest BCUT2D eigenvalue weighted by molar-refractivity contribution is 1.01. The van der Waals surface area contributed by atoms with Crippen LogP contribution in [0, 0.1) is 0 Å². The Morgan fingerprint density at radius 2 is 1.85 bits per heavy atom. The number of hydrogen-bond donors (Lipinski definition) is 1. The number of pyridine rings is 1. The lowest BCUT2D eigenvalue weighted by atomic mass is 10.2. The van der Waals surface area contributed by atoms with Crippen molar-refractivity contribution in [2.24, 2.45) is 5.73 Å². The van der Waals surface area contributed by atoms with Crippen molar-refractivity contribution in [2.45, 2.75) is 6.54 Å². The molecule has 1 heterocycles. The average Bonchev–Trinajstić information content (AvgIpc) is 2.17. The second-order valence-electron chi connectivity index (χ2n) is 2.70. The quantitative estimate of drug-likeness (QED) is 0.817. The number of hydrogen-bond acceptors (Lipinski definition) is 2. The van der Waals surface area contributed by atoms with Crippen molar-refractivity contribution in [2.75, 3.05) is 0 Å². The van der Waals surface area contributed by atoms with Crippen LogP contribution >= 0.6 is 24.0 Å². The van der Waals surface area contributed by atoms with Gasteiger partial charge in [-0.1, -0.05) is 24.3 Å². The Morgan fingerprint density at radius 1 is 1.08 bits per heavy atom. The molecule has 0 atom stereocenters. The molecule has 0 spiro atoms. The molecule has 13 heavy (non-hydrogen) atoms. The number of nitrogens with two attached hydrogens (primary N) is 1. The summed E-state index contributed by atoms with van der Waals surface area (Å²) in [5.41, 5.74) is 7.43. The second kappa shape index (κ2) is 4.53. The second-order valence-corrected chi connectivity index (χ2v) is 2.70. The molecule has 0 aliphatic carbocycles. The van der Waals surface area contributed by atoms with E-state index in [1.807, 2.05) is 36.4 Å². The molecule has 0 fully saturated rings. The van der Waals surface area contributed by atoms with Gasteiger partial charge in [-0.05, 0) is 12.1 Å². The Kier molecular flexibility index (Phi) is 3.62. The van der Waals surface area contributed by atoms with Gasteiger partial charge in [-0.25, -0.2) is 0 Å². The molecule has 0 aliphatic rings. The molecule has 1 aromatic heterocycles. The standard InChI is InChI=1S/C10H10N2.HI/c11-7-9-6-5-8-3-1-2-4-10(8)12-9;/h1-6H,7,11H2;1H. The number of fused-ring (bicyclic) bond motifs is 1. The number of para-hydroxylation sites is 1. The van der Waals surface area contributed by atoms with Gasteiger partial charge in [-0.15, -0.1) is 24.0 Å². The maximum atomic E-state index is 5.48. The summed E-state index contributed by atoms with van der Waals surface area (Å²) < 4.78 is 0. The Hall–Kier alpha value is -0.680. The summed E-state index contributed by atoms with van der Waals surface area (Å²) in [5.74, 6) is 0. The summed E-state index contributed by atoms with van der Waals surface area (Å²) in [6, 6.07) is 12.0. The first-order valence-electron chi connectivity index (χ1n) is 3.95. The molecule has 68 valence electrons. The van der Waals surface area contributed by atoms with Crippen LogP contribution in [0.2, 0.25) is 0 Å². The molecule has 2 aromatic rings. The Balaban J connectivity index is 0.000000845. The summed E-state index contributed by atoms with van der Waals surface area (Å²) in [4.78, 5) is 4.37. The molecule has 2 nitrogen and oxygen atoms in total. The minimum atomic E-state index is 0. The first-order valence-corrected chi connectivity index (χ1v) is 3.95. The lowest BCUT2D eigenvalue weighted by Gasteiger charge is -1.98. The van der Waals surface area contributed by atoms with Gasteiger partial charge < -0.3 is 5.73 Å².